The molecule has 0 spiro atoms. The molecule has 2 saturated heterocycles. The van der Waals surface area contributed by atoms with Gasteiger partial charge in [0.25, 0.3) is 0 Å². The fourth-order valence-corrected chi connectivity index (χ4v) is 3.00. The zero-order valence-corrected chi connectivity index (χ0v) is 12.3. The number of fused-ring (bicyclic) bond motifs is 2. The van der Waals surface area contributed by atoms with Gasteiger partial charge in [0, 0.05) is 12.6 Å². The molecule has 2 N–H and O–H groups in total. The van der Waals surface area contributed by atoms with Crippen molar-refractivity contribution >= 4 is 6.09 Å². The zero-order chi connectivity index (χ0) is 16.0. The van der Waals surface area contributed by atoms with Gasteiger partial charge < -0.3 is 15.2 Å². The van der Waals surface area contributed by atoms with Gasteiger partial charge in [-0.1, -0.05) is 0 Å². The summed E-state index contributed by atoms with van der Waals surface area (Å²) >= 11 is 0. The normalized spacial score (nSPS) is 31.2. The summed E-state index contributed by atoms with van der Waals surface area (Å²) in [5.74, 6) is 0. The molecule has 4 atom stereocenters. The van der Waals surface area contributed by atoms with Gasteiger partial charge in [0.2, 0.25) is 0 Å². The second kappa shape index (κ2) is 5.31. The number of nitrogens with one attached hydrogen (secondary N) is 1. The molecule has 0 aromatic heterocycles. The standard InChI is InChI=1S/C13H21F3N2O3/c1-12(2,3)21-11(20)18-7-4-5-8(18)9(17-6-7)10(19)13(14,15)16/h7-10,17,19H,4-6H2,1-3H3/t7-,8+,9+,10?/m0/s1. The van der Waals surface area contributed by atoms with Crippen LogP contribution in [0.15, 0.2) is 0 Å². The van der Waals surface area contributed by atoms with Crippen LogP contribution in [-0.2, 0) is 4.74 Å². The van der Waals surface area contributed by atoms with Crippen molar-refractivity contribution in [1.29, 1.82) is 0 Å². The van der Waals surface area contributed by atoms with Crippen molar-refractivity contribution in [2.45, 2.75) is 69.6 Å². The summed E-state index contributed by atoms with van der Waals surface area (Å²) in [4.78, 5) is 13.6. The second-order valence-electron chi connectivity index (χ2n) is 6.61. The molecule has 2 fully saturated rings. The molecule has 0 saturated carbocycles. The highest BCUT2D eigenvalue weighted by atomic mass is 19.4. The van der Waals surface area contributed by atoms with E-state index in [0.717, 1.165) is 0 Å². The first-order valence-electron chi connectivity index (χ1n) is 7.00. The van der Waals surface area contributed by atoms with Crippen LogP contribution in [0.4, 0.5) is 18.0 Å². The van der Waals surface area contributed by atoms with Gasteiger partial charge in [-0.15, -0.1) is 0 Å². The van der Waals surface area contributed by atoms with Crippen LogP contribution < -0.4 is 5.32 Å². The average molecular weight is 310 g/mol. The lowest BCUT2D eigenvalue weighted by atomic mass is 9.99. The quantitative estimate of drug-likeness (QED) is 0.773. The number of carbonyl (C=O) groups excluding carboxylic acids is 1. The molecule has 0 radical (unpaired) electrons. The topological polar surface area (TPSA) is 61.8 Å². The predicted molar refractivity (Wildman–Crippen MR) is 68.7 cm³/mol. The van der Waals surface area contributed by atoms with E-state index >= 15 is 0 Å². The Labute approximate surface area is 121 Å². The Morgan fingerprint density at radius 1 is 1.33 bits per heavy atom. The number of piperazine rings is 1. The molecule has 0 aliphatic carbocycles. The van der Waals surface area contributed by atoms with Gasteiger partial charge in [0.05, 0.1) is 12.1 Å². The van der Waals surface area contributed by atoms with Crippen LogP contribution in [-0.4, -0.2) is 58.7 Å². The monoisotopic (exact) mass is 310 g/mol. The maximum absolute atomic E-state index is 12.7. The SMILES string of the molecule is CC(C)(C)OC(=O)N1[C@H]2CC[C@@H]1[C@H](C(O)C(F)(F)F)NC2. The number of nitrogens with zero attached hydrogens (tertiary/aromatic N) is 1. The molecular weight excluding hydrogens is 289 g/mol. The highest BCUT2D eigenvalue weighted by Gasteiger charge is 2.54. The van der Waals surface area contributed by atoms with Gasteiger partial charge >= 0.3 is 12.3 Å². The number of rotatable bonds is 1. The first-order valence-corrected chi connectivity index (χ1v) is 7.00. The van der Waals surface area contributed by atoms with Crippen LogP contribution in [0.25, 0.3) is 0 Å². The maximum Gasteiger partial charge on any atom is 0.415 e. The van der Waals surface area contributed by atoms with E-state index in [1.807, 2.05) is 0 Å². The number of ether oxygens (including phenoxy) is 1. The van der Waals surface area contributed by atoms with E-state index in [-0.39, 0.29) is 12.6 Å². The summed E-state index contributed by atoms with van der Waals surface area (Å²) < 4.78 is 43.5. The molecule has 1 unspecified atom stereocenters. The molecule has 2 aliphatic rings. The Morgan fingerprint density at radius 3 is 2.48 bits per heavy atom. The molecule has 122 valence electrons. The van der Waals surface area contributed by atoms with E-state index in [1.165, 1.54) is 4.90 Å². The zero-order valence-electron chi connectivity index (χ0n) is 12.3. The summed E-state index contributed by atoms with van der Waals surface area (Å²) in [5, 5.41) is 12.2. The van der Waals surface area contributed by atoms with Crippen molar-refractivity contribution in [2.75, 3.05) is 6.54 Å². The van der Waals surface area contributed by atoms with E-state index in [9.17, 15) is 23.1 Å². The number of halogens is 3. The second-order valence-corrected chi connectivity index (χ2v) is 6.61. The fraction of sp³-hybridized carbons (Fsp3) is 0.923. The molecule has 5 nitrogen and oxygen atoms in total. The van der Waals surface area contributed by atoms with E-state index in [1.54, 1.807) is 20.8 Å². The first-order chi connectivity index (χ1) is 9.50. The van der Waals surface area contributed by atoms with Crippen LogP contribution in [0, 0.1) is 0 Å². The number of aliphatic hydroxyl groups excluding tert-OH is 1. The molecule has 2 bridgehead atoms. The Bertz CT molecular complexity index is 408. The highest BCUT2D eigenvalue weighted by molar-refractivity contribution is 5.70. The summed E-state index contributed by atoms with van der Waals surface area (Å²) in [6, 6.07) is -2.09. The summed E-state index contributed by atoms with van der Waals surface area (Å²) in [5.41, 5.74) is -0.709. The van der Waals surface area contributed by atoms with Crippen molar-refractivity contribution in [3.05, 3.63) is 0 Å². The van der Waals surface area contributed by atoms with Crippen LogP contribution in [0.3, 0.4) is 0 Å². The van der Waals surface area contributed by atoms with Crippen molar-refractivity contribution in [3.63, 3.8) is 0 Å². The van der Waals surface area contributed by atoms with Gasteiger partial charge in [-0.05, 0) is 33.6 Å². The van der Waals surface area contributed by atoms with Crippen molar-refractivity contribution in [2.24, 2.45) is 0 Å². The lowest BCUT2D eigenvalue weighted by molar-refractivity contribution is -0.218. The maximum atomic E-state index is 12.7. The Balaban J connectivity index is 2.15. The van der Waals surface area contributed by atoms with E-state index < -0.39 is 36.1 Å². The molecule has 21 heavy (non-hydrogen) atoms. The number of hydrogen-bond acceptors (Lipinski definition) is 4. The van der Waals surface area contributed by atoms with Gasteiger partial charge in [-0.2, -0.15) is 13.2 Å². The van der Waals surface area contributed by atoms with Crippen molar-refractivity contribution in [1.82, 2.24) is 10.2 Å². The summed E-state index contributed by atoms with van der Waals surface area (Å²) in [6.07, 6.45) is -6.79. The molecule has 0 aromatic rings. The average Bonchev–Trinajstić information content (AvgIpc) is 2.60. The van der Waals surface area contributed by atoms with Gasteiger partial charge in [0.1, 0.15) is 5.60 Å². The number of carbonyl (C=O) groups is 1. The Hall–Kier alpha value is -1.02. The molecule has 2 rings (SSSR count). The minimum absolute atomic E-state index is 0.179. The van der Waals surface area contributed by atoms with Crippen LogP contribution >= 0.6 is 0 Å². The van der Waals surface area contributed by atoms with E-state index in [2.05, 4.69) is 5.32 Å². The van der Waals surface area contributed by atoms with E-state index in [0.29, 0.717) is 12.8 Å². The van der Waals surface area contributed by atoms with Crippen molar-refractivity contribution < 1.29 is 27.8 Å². The van der Waals surface area contributed by atoms with Crippen LogP contribution in [0.5, 0.6) is 0 Å². The van der Waals surface area contributed by atoms with Gasteiger partial charge in [0.15, 0.2) is 6.10 Å². The first kappa shape index (κ1) is 16.4. The largest absolute Gasteiger partial charge is 0.444 e. The minimum Gasteiger partial charge on any atom is -0.444 e. The Kier molecular flexibility index (Phi) is 4.14. The third kappa shape index (κ3) is 3.42. The smallest absolute Gasteiger partial charge is 0.415 e. The van der Waals surface area contributed by atoms with Crippen LogP contribution in [0.1, 0.15) is 33.6 Å². The highest BCUT2D eigenvalue weighted by Crippen LogP contribution is 2.35. The summed E-state index contributed by atoms with van der Waals surface area (Å²) in [7, 11) is 0. The molecule has 2 heterocycles. The Morgan fingerprint density at radius 2 is 1.95 bits per heavy atom. The third-order valence-corrected chi connectivity index (χ3v) is 3.83. The molecular formula is C13H21F3N2O3. The number of aliphatic hydroxyl groups is 1. The van der Waals surface area contributed by atoms with E-state index in [4.69, 9.17) is 4.74 Å². The minimum atomic E-state index is -4.72. The molecule has 1 amide bonds. The third-order valence-electron chi connectivity index (χ3n) is 3.83. The molecule has 2 aliphatic heterocycles. The number of amides is 1. The lowest BCUT2D eigenvalue weighted by Crippen LogP contribution is -2.65. The van der Waals surface area contributed by atoms with Crippen molar-refractivity contribution in [3.8, 4) is 0 Å². The predicted octanol–water partition coefficient (Wildman–Crippen LogP) is 1.65. The summed E-state index contributed by atoms with van der Waals surface area (Å²) in [6.45, 7) is 5.35. The molecule has 0 aromatic carbocycles. The van der Waals surface area contributed by atoms with Gasteiger partial charge in [-0.25, -0.2) is 4.79 Å². The fourth-order valence-electron chi connectivity index (χ4n) is 3.00. The molecule has 8 heteroatoms. The lowest BCUT2D eigenvalue weighted by Gasteiger charge is -2.42. The van der Waals surface area contributed by atoms with Gasteiger partial charge in [-0.3, -0.25) is 4.90 Å². The number of alkyl halides is 3. The van der Waals surface area contributed by atoms with Crippen LogP contribution in [0.2, 0.25) is 0 Å². The number of hydrogen-bond donors (Lipinski definition) is 2.